The van der Waals surface area contributed by atoms with Crippen LogP contribution >= 0.6 is 0 Å². The van der Waals surface area contributed by atoms with Crippen LogP contribution in [-0.4, -0.2) is 26.7 Å². The molecule has 0 spiro atoms. The van der Waals surface area contributed by atoms with E-state index in [0.717, 1.165) is 11.1 Å². The lowest BCUT2D eigenvalue weighted by Crippen LogP contribution is -2.33. The molecule has 0 heterocycles. The average Bonchev–Trinajstić information content (AvgIpc) is 2.71. The highest BCUT2D eigenvalue weighted by Crippen LogP contribution is 2.46. The molecule has 32 heavy (non-hydrogen) atoms. The number of hydrogen-bond donors (Lipinski definition) is 0. The van der Waals surface area contributed by atoms with Crippen molar-refractivity contribution in [2.45, 2.75) is 70.1 Å². The first-order valence-electron chi connectivity index (χ1n) is 11.2. The van der Waals surface area contributed by atoms with Crippen molar-refractivity contribution in [2.24, 2.45) is 0 Å². The van der Waals surface area contributed by atoms with E-state index in [2.05, 4.69) is 58.9 Å². The molecule has 0 bridgehead atoms. The van der Waals surface area contributed by atoms with E-state index in [1.165, 1.54) is 29.5 Å². The van der Waals surface area contributed by atoms with Crippen molar-refractivity contribution in [1.82, 2.24) is 0 Å². The van der Waals surface area contributed by atoms with E-state index >= 15 is 0 Å². The number of carbonyl (C=O) groups is 1. The lowest BCUT2D eigenvalue weighted by molar-refractivity contribution is -0.139. The Morgan fingerprint density at radius 2 is 1.56 bits per heavy atom. The molecule has 2 aromatic rings. The summed E-state index contributed by atoms with van der Waals surface area (Å²) in [7, 11) is -3.71. The van der Waals surface area contributed by atoms with E-state index in [1.54, 1.807) is 31.2 Å². The fourth-order valence-corrected chi connectivity index (χ4v) is 5.49. The van der Waals surface area contributed by atoms with E-state index < -0.39 is 21.6 Å². The number of benzene rings is 2. The highest BCUT2D eigenvalue weighted by atomic mass is 32.2. The predicted molar refractivity (Wildman–Crippen MR) is 130 cm³/mol. The zero-order valence-corrected chi connectivity index (χ0v) is 20.8. The minimum absolute atomic E-state index is 0.123. The lowest BCUT2D eigenvalue weighted by atomic mass is 9.63. The molecule has 0 amide bonds. The maximum atomic E-state index is 12.4. The number of ether oxygens (including phenoxy) is 1. The van der Waals surface area contributed by atoms with Crippen LogP contribution in [0, 0.1) is 0 Å². The quantitative estimate of drug-likeness (QED) is 0.401. The lowest BCUT2D eigenvalue weighted by Gasteiger charge is -2.42. The fraction of sp³-hybridized carbons (Fsp3) is 0.444. The van der Waals surface area contributed by atoms with Crippen LogP contribution in [-0.2, 0) is 30.2 Å². The van der Waals surface area contributed by atoms with Gasteiger partial charge in [0, 0.05) is 0 Å². The van der Waals surface area contributed by atoms with Crippen LogP contribution in [0.25, 0.3) is 11.6 Å². The number of hydrogen-bond acceptors (Lipinski definition) is 4. The van der Waals surface area contributed by atoms with Crippen molar-refractivity contribution >= 4 is 27.5 Å². The fourth-order valence-electron chi connectivity index (χ4n) is 4.38. The number of carbonyl (C=O) groups excluding carboxylic acids is 1. The summed E-state index contributed by atoms with van der Waals surface area (Å²) < 4.78 is 29.6. The molecular formula is C27H34O4S. The second-order valence-corrected chi connectivity index (χ2v) is 12.0. The Balaban J connectivity index is 1.86. The zero-order valence-electron chi connectivity index (χ0n) is 20.0. The minimum atomic E-state index is -3.71. The second kappa shape index (κ2) is 8.86. The Morgan fingerprint density at radius 3 is 2.16 bits per heavy atom. The smallest absolute Gasteiger partial charge is 0.321 e. The molecule has 0 unspecified atom stereocenters. The molecule has 0 aliphatic heterocycles. The van der Waals surface area contributed by atoms with Crippen molar-refractivity contribution in [1.29, 1.82) is 0 Å². The van der Waals surface area contributed by atoms with Crippen LogP contribution < -0.4 is 0 Å². The summed E-state index contributed by atoms with van der Waals surface area (Å²) >= 11 is 0. The Morgan fingerprint density at radius 1 is 0.969 bits per heavy atom. The first-order chi connectivity index (χ1) is 14.9. The van der Waals surface area contributed by atoms with Gasteiger partial charge in [0.1, 0.15) is 0 Å². The van der Waals surface area contributed by atoms with Crippen molar-refractivity contribution < 1.29 is 17.9 Å². The van der Waals surface area contributed by atoms with Gasteiger partial charge in [-0.05, 0) is 77.5 Å². The molecule has 0 N–H and O–H groups in total. The first-order valence-corrected chi connectivity index (χ1v) is 12.8. The van der Waals surface area contributed by atoms with Crippen molar-refractivity contribution in [2.75, 3.05) is 12.4 Å². The van der Waals surface area contributed by atoms with Crippen LogP contribution in [0.3, 0.4) is 0 Å². The molecule has 0 saturated heterocycles. The molecule has 0 fully saturated rings. The van der Waals surface area contributed by atoms with Gasteiger partial charge < -0.3 is 4.74 Å². The molecule has 172 valence electrons. The SMILES string of the molecule is CCOC(=O)CS(=O)(=O)c1ccc(C=C(C)c2ccc3c(c2)C(C)(C)CCC3(C)C)cc1. The van der Waals surface area contributed by atoms with E-state index in [0.29, 0.717) is 0 Å². The van der Waals surface area contributed by atoms with Gasteiger partial charge in [0.15, 0.2) is 15.6 Å². The van der Waals surface area contributed by atoms with Gasteiger partial charge in [0.05, 0.1) is 11.5 Å². The third-order valence-electron chi connectivity index (χ3n) is 6.54. The molecular weight excluding hydrogens is 420 g/mol. The summed E-state index contributed by atoms with van der Waals surface area (Å²) in [5, 5.41) is 0. The Bertz CT molecular complexity index is 1140. The molecule has 1 aliphatic carbocycles. The van der Waals surface area contributed by atoms with E-state index in [9.17, 15) is 13.2 Å². The largest absolute Gasteiger partial charge is 0.465 e. The standard InChI is InChI=1S/C27H34O4S/c1-7-31-25(28)18-32(29,30)22-11-8-20(9-12-22)16-19(2)21-10-13-23-24(17-21)27(5,6)15-14-26(23,3)4/h8-13,16-17H,7,14-15,18H2,1-6H3. The van der Waals surface area contributed by atoms with E-state index in [4.69, 9.17) is 4.74 Å². The highest BCUT2D eigenvalue weighted by molar-refractivity contribution is 7.92. The Kier molecular flexibility index (Phi) is 6.71. The van der Waals surface area contributed by atoms with Crippen LogP contribution in [0.5, 0.6) is 0 Å². The summed E-state index contributed by atoms with van der Waals surface area (Å²) in [6.45, 7) is 13.2. The summed E-state index contributed by atoms with van der Waals surface area (Å²) in [6.07, 6.45) is 4.41. The van der Waals surface area contributed by atoms with Gasteiger partial charge in [-0.3, -0.25) is 4.79 Å². The zero-order chi connectivity index (χ0) is 23.7. The maximum Gasteiger partial charge on any atom is 0.321 e. The summed E-state index contributed by atoms with van der Waals surface area (Å²) in [5.41, 5.74) is 6.39. The molecule has 3 rings (SSSR count). The predicted octanol–water partition coefficient (Wildman–Crippen LogP) is 5.93. The Hall–Kier alpha value is -2.40. The number of rotatable bonds is 6. The van der Waals surface area contributed by atoms with Crippen LogP contribution in [0.1, 0.15) is 76.6 Å². The highest BCUT2D eigenvalue weighted by Gasteiger charge is 2.36. The third kappa shape index (κ3) is 5.15. The van der Waals surface area contributed by atoms with Crippen LogP contribution in [0.4, 0.5) is 0 Å². The molecule has 5 heteroatoms. The van der Waals surface area contributed by atoms with Gasteiger partial charge in [-0.1, -0.05) is 64.1 Å². The number of allylic oxidation sites excluding steroid dienone is 1. The van der Waals surface area contributed by atoms with E-state index in [-0.39, 0.29) is 22.3 Å². The third-order valence-corrected chi connectivity index (χ3v) is 8.15. The molecule has 0 saturated carbocycles. The second-order valence-electron chi connectivity index (χ2n) is 9.99. The van der Waals surface area contributed by atoms with Crippen LogP contribution in [0.15, 0.2) is 47.4 Å². The monoisotopic (exact) mass is 454 g/mol. The molecule has 0 radical (unpaired) electrons. The Labute approximate surface area is 192 Å². The number of fused-ring (bicyclic) bond motifs is 1. The molecule has 0 atom stereocenters. The molecule has 4 nitrogen and oxygen atoms in total. The molecule has 0 aromatic heterocycles. The van der Waals surface area contributed by atoms with Gasteiger partial charge in [-0.25, -0.2) is 8.42 Å². The summed E-state index contributed by atoms with van der Waals surface area (Å²) in [4.78, 5) is 11.7. The van der Waals surface area contributed by atoms with E-state index in [1.807, 2.05) is 0 Å². The van der Waals surface area contributed by atoms with Crippen LogP contribution in [0.2, 0.25) is 0 Å². The summed E-state index contributed by atoms with van der Waals surface area (Å²) in [5.74, 6) is -1.37. The molecule has 2 aromatic carbocycles. The molecule has 1 aliphatic rings. The number of esters is 1. The van der Waals surface area contributed by atoms with Crippen molar-refractivity contribution in [3.8, 4) is 0 Å². The van der Waals surface area contributed by atoms with Crippen molar-refractivity contribution in [3.63, 3.8) is 0 Å². The average molecular weight is 455 g/mol. The van der Waals surface area contributed by atoms with Gasteiger partial charge in [-0.2, -0.15) is 0 Å². The number of sulfone groups is 1. The summed E-state index contributed by atoms with van der Waals surface area (Å²) in [6, 6.07) is 13.4. The minimum Gasteiger partial charge on any atom is -0.465 e. The van der Waals surface area contributed by atoms with Gasteiger partial charge >= 0.3 is 5.97 Å². The van der Waals surface area contributed by atoms with Crippen molar-refractivity contribution in [3.05, 3.63) is 64.7 Å². The normalized spacial score (nSPS) is 17.5. The van der Waals surface area contributed by atoms with Gasteiger partial charge in [-0.15, -0.1) is 0 Å². The maximum absolute atomic E-state index is 12.4. The topological polar surface area (TPSA) is 60.4 Å². The first kappa shape index (κ1) is 24.2. The van der Waals surface area contributed by atoms with Gasteiger partial charge in [0.25, 0.3) is 0 Å². The van der Waals surface area contributed by atoms with Gasteiger partial charge in [0.2, 0.25) is 0 Å².